The van der Waals surface area contributed by atoms with Crippen molar-refractivity contribution in [2.45, 2.75) is 43.6 Å². The average molecular weight is 397 g/mol. The number of amides is 1. The summed E-state index contributed by atoms with van der Waals surface area (Å²) in [5, 5.41) is 0. The fourth-order valence-electron chi connectivity index (χ4n) is 3.62. The number of sulfonamides is 1. The van der Waals surface area contributed by atoms with Gasteiger partial charge in [-0.15, -0.1) is 0 Å². The first-order chi connectivity index (χ1) is 12.9. The molecule has 150 valence electrons. The Morgan fingerprint density at radius 2 is 1.85 bits per heavy atom. The number of carbonyl (C=O) groups is 1. The topological polar surface area (TPSA) is 76.2 Å². The second-order valence-corrected chi connectivity index (χ2v) is 9.05. The minimum atomic E-state index is -3.63. The van der Waals surface area contributed by atoms with Crippen molar-refractivity contribution in [3.05, 3.63) is 23.8 Å². The van der Waals surface area contributed by atoms with Crippen LogP contribution in [0.5, 0.6) is 5.75 Å². The molecule has 1 aromatic rings. The maximum atomic E-state index is 13.1. The normalized spacial score (nSPS) is 22.3. The van der Waals surface area contributed by atoms with Crippen LogP contribution in [0.2, 0.25) is 0 Å². The van der Waals surface area contributed by atoms with Crippen LogP contribution in [0, 0.1) is 0 Å². The van der Waals surface area contributed by atoms with Gasteiger partial charge in [0, 0.05) is 26.2 Å². The van der Waals surface area contributed by atoms with Crippen molar-refractivity contribution in [3.8, 4) is 5.75 Å². The zero-order chi connectivity index (χ0) is 19.4. The molecule has 2 aliphatic rings. The molecule has 8 heteroatoms. The smallest absolute Gasteiger partial charge is 0.257 e. The summed E-state index contributed by atoms with van der Waals surface area (Å²) in [4.78, 5) is 14.9. The van der Waals surface area contributed by atoms with Crippen LogP contribution < -0.4 is 4.74 Å². The van der Waals surface area contributed by atoms with Crippen LogP contribution >= 0.6 is 0 Å². The third-order valence-corrected chi connectivity index (χ3v) is 7.03. The van der Waals surface area contributed by atoms with E-state index in [1.807, 2.05) is 6.92 Å². The molecule has 0 saturated carbocycles. The van der Waals surface area contributed by atoms with E-state index in [1.54, 1.807) is 11.0 Å². The molecule has 0 bridgehead atoms. The number of rotatable bonds is 4. The maximum absolute atomic E-state index is 13.1. The highest BCUT2D eigenvalue weighted by molar-refractivity contribution is 7.89. The summed E-state index contributed by atoms with van der Waals surface area (Å²) in [7, 11) is -2.14. The summed E-state index contributed by atoms with van der Waals surface area (Å²) in [5.41, 5.74) is 0.280. The van der Waals surface area contributed by atoms with E-state index in [4.69, 9.17) is 9.47 Å². The lowest BCUT2D eigenvalue weighted by molar-refractivity contribution is -0.0125. The van der Waals surface area contributed by atoms with Crippen LogP contribution in [0.15, 0.2) is 23.1 Å². The van der Waals surface area contributed by atoms with Gasteiger partial charge in [-0.05, 0) is 38.0 Å². The summed E-state index contributed by atoms with van der Waals surface area (Å²) in [6.07, 6.45) is 3.79. The molecule has 1 aromatic carbocycles. The fraction of sp³-hybridized carbons (Fsp3) is 0.632. The molecular formula is C19H28N2O5S. The predicted molar refractivity (Wildman–Crippen MR) is 102 cm³/mol. The molecule has 2 saturated heterocycles. The van der Waals surface area contributed by atoms with Gasteiger partial charge in [-0.3, -0.25) is 4.79 Å². The fourth-order valence-corrected chi connectivity index (χ4v) is 5.16. The van der Waals surface area contributed by atoms with E-state index in [-0.39, 0.29) is 22.5 Å². The number of ether oxygens (including phenoxy) is 2. The molecule has 2 heterocycles. The monoisotopic (exact) mass is 396 g/mol. The molecule has 3 rings (SSSR count). The van der Waals surface area contributed by atoms with E-state index < -0.39 is 10.0 Å². The summed E-state index contributed by atoms with van der Waals surface area (Å²) in [6, 6.07) is 4.56. The maximum Gasteiger partial charge on any atom is 0.257 e. The molecule has 0 aliphatic carbocycles. The van der Waals surface area contributed by atoms with Crippen LogP contribution in [-0.2, 0) is 14.8 Å². The quantitative estimate of drug-likeness (QED) is 0.779. The van der Waals surface area contributed by atoms with Gasteiger partial charge < -0.3 is 14.4 Å². The van der Waals surface area contributed by atoms with E-state index in [0.717, 1.165) is 25.7 Å². The van der Waals surface area contributed by atoms with Gasteiger partial charge in [0.2, 0.25) is 10.0 Å². The molecule has 0 spiro atoms. The average Bonchev–Trinajstić information content (AvgIpc) is 2.97. The van der Waals surface area contributed by atoms with Crippen molar-refractivity contribution in [2.75, 3.05) is 39.9 Å². The zero-order valence-corrected chi connectivity index (χ0v) is 16.8. The largest absolute Gasteiger partial charge is 0.496 e. The van der Waals surface area contributed by atoms with Gasteiger partial charge in [-0.1, -0.05) is 12.8 Å². The first-order valence-corrected chi connectivity index (χ1v) is 11.0. The highest BCUT2D eigenvalue weighted by Gasteiger charge is 2.29. The van der Waals surface area contributed by atoms with Crippen molar-refractivity contribution in [1.82, 2.24) is 9.21 Å². The second kappa shape index (κ2) is 8.58. The Morgan fingerprint density at radius 1 is 1.15 bits per heavy atom. The molecule has 0 radical (unpaired) electrons. The lowest BCUT2D eigenvalue weighted by Crippen LogP contribution is -2.44. The Balaban J connectivity index is 1.91. The molecule has 2 fully saturated rings. The number of methoxy groups -OCH3 is 1. The van der Waals surface area contributed by atoms with Gasteiger partial charge in [-0.2, -0.15) is 4.31 Å². The second-order valence-electron chi connectivity index (χ2n) is 7.11. The van der Waals surface area contributed by atoms with E-state index in [0.29, 0.717) is 38.5 Å². The van der Waals surface area contributed by atoms with Gasteiger partial charge in [0.15, 0.2) is 0 Å². The first-order valence-electron chi connectivity index (χ1n) is 9.52. The molecule has 1 amide bonds. The standard InChI is InChI=1S/C19H28N2O5S/c1-15-14-20(11-12-26-15)19(22)17-13-16(7-8-18(17)25-2)27(23,24)21-9-5-3-4-6-10-21/h7-8,13,15H,3-6,9-12,14H2,1-2H3. The Hall–Kier alpha value is -1.64. The molecule has 7 nitrogen and oxygen atoms in total. The van der Waals surface area contributed by atoms with Gasteiger partial charge in [0.25, 0.3) is 5.91 Å². The van der Waals surface area contributed by atoms with Crippen molar-refractivity contribution in [1.29, 1.82) is 0 Å². The highest BCUT2D eigenvalue weighted by atomic mass is 32.2. The number of morpholine rings is 1. The van der Waals surface area contributed by atoms with E-state index in [2.05, 4.69) is 0 Å². The number of hydrogen-bond acceptors (Lipinski definition) is 5. The highest BCUT2D eigenvalue weighted by Crippen LogP contribution is 2.27. The third kappa shape index (κ3) is 4.44. The predicted octanol–water partition coefficient (Wildman–Crippen LogP) is 2.12. The summed E-state index contributed by atoms with van der Waals surface area (Å²) in [6.45, 7) is 4.40. The Kier molecular flexibility index (Phi) is 6.39. The van der Waals surface area contributed by atoms with Crippen molar-refractivity contribution >= 4 is 15.9 Å². The number of nitrogens with zero attached hydrogens (tertiary/aromatic N) is 2. The molecule has 1 unspecified atom stereocenters. The zero-order valence-electron chi connectivity index (χ0n) is 16.0. The van der Waals surface area contributed by atoms with Gasteiger partial charge in [-0.25, -0.2) is 8.42 Å². The number of carbonyl (C=O) groups excluding carboxylic acids is 1. The van der Waals surface area contributed by atoms with Crippen molar-refractivity contribution < 1.29 is 22.7 Å². The Bertz CT molecular complexity index is 772. The van der Waals surface area contributed by atoms with E-state index >= 15 is 0 Å². The molecule has 2 aliphatic heterocycles. The molecule has 0 aromatic heterocycles. The van der Waals surface area contributed by atoms with Crippen LogP contribution in [-0.4, -0.2) is 69.5 Å². The molecule has 27 heavy (non-hydrogen) atoms. The minimum absolute atomic E-state index is 0.0438. The lowest BCUT2D eigenvalue weighted by atomic mass is 10.1. The third-order valence-electron chi connectivity index (χ3n) is 5.13. The van der Waals surface area contributed by atoms with Crippen LogP contribution in [0.25, 0.3) is 0 Å². The van der Waals surface area contributed by atoms with Crippen LogP contribution in [0.4, 0.5) is 0 Å². The Labute approximate surface area is 161 Å². The molecule has 1 atom stereocenters. The van der Waals surface area contributed by atoms with E-state index in [9.17, 15) is 13.2 Å². The van der Waals surface area contributed by atoms with Gasteiger partial charge in [0.1, 0.15) is 5.75 Å². The first kappa shape index (κ1) is 20.1. The van der Waals surface area contributed by atoms with Crippen molar-refractivity contribution in [3.63, 3.8) is 0 Å². The van der Waals surface area contributed by atoms with Crippen molar-refractivity contribution in [2.24, 2.45) is 0 Å². The summed E-state index contributed by atoms with van der Waals surface area (Å²) < 4.78 is 38.5. The molecular weight excluding hydrogens is 368 g/mol. The van der Waals surface area contributed by atoms with Crippen LogP contribution in [0.1, 0.15) is 43.0 Å². The summed E-state index contributed by atoms with van der Waals surface area (Å²) in [5.74, 6) is 0.156. The summed E-state index contributed by atoms with van der Waals surface area (Å²) >= 11 is 0. The van der Waals surface area contributed by atoms with Gasteiger partial charge >= 0.3 is 0 Å². The Morgan fingerprint density at radius 3 is 2.48 bits per heavy atom. The lowest BCUT2D eigenvalue weighted by Gasteiger charge is -2.31. The van der Waals surface area contributed by atoms with Crippen LogP contribution in [0.3, 0.4) is 0 Å². The molecule has 0 N–H and O–H groups in total. The number of hydrogen-bond donors (Lipinski definition) is 0. The number of benzene rings is 1. The van der Waals surface area contributed by atoms with Gasteiger partial charge in [0.05, 0.1) is 30.3 Å². The van der Waals surface area contributed by atoms with E-state index in [1.165, 1.54) is 23.5 Å². The minimum Gasteiger partial charge on any atom is -0.496 e. The SMILES string of the molecule is COc1ccc(S(=O)(=O)N2CCCCCC2)cc1C(=O)N1CCOC(C)C1.